The Bertz CT molecular complexity index is 215. The fourth-order valence-corrected chi connectivity index (χ4v) is 2.42. The molecule has 1 rings (SSSR count). The third-order valence-corrected chi connectivity index (χ3v) is 4.17. The van der Waals surface area contributed by atoms with Crippen molar-refractivity contribution < 1.29 is 0 Å². The summed E-state index contributed by atoms with van der Waals surface area (Å²) in [6.45, 7) is 19.0. The van der Waals surface area contributed by atoms with Crippen LogP contribution in [0, 0.1) is 0 Å². The first-order valence-corrected chi connectivity index (χ1v) is 6.77. The Hall–Kier alpha value is -0.0800. The van der Waals surface area contributed by atoms with Crippen molar-refractivity contribution in [3.05, 3.63) is 0 Å². The molecule has 16 heavy (non-hydrogen) atoms. The van der Waals surface area contributed by atoms with Crippen LogP contribution in [0.15, 0.2) is 0 Å². The minimum Gasteiger partial charge on any atom is -0.297 e. The van der Waals surface area contributed by atoms with Crippen LogP contribution in [0.2, 0.25) is 0 Å². The maximum atomic E-state index is 2.67. The minimum absolute atomic E-state index is 0.326. The van der Waals surface area contributed by atoms with Gasteiger partial charge >= 0.3 is 0 Å². The summed E-state index contributed by atoms with van der Waals surface area (Å²) in [4.78, 5) is 5.29. The third-order valence-electron chi connectivity index (χ3n) is 4.17. The first-order valence-electron chi connectivity index (χ1n) is 6.77. The maximum Gasteiger partial charge on any atom is 0.0151 e. The molecule has 0 aromatic rings. The summed E-state index contributed by atoms with van der Waals surface area (Å²) in [5, 5.41) is 0. The molecule has 1 aliphatic rings. The van der Waals surface area contributed by atoms with Gasteiger partial charge in [0.2, 0.25) is 0 Å². The van der Waals surface area contributed by atoms with Gasteiger partial charge in [0, 0.05) is 24.2 Å². The van der Waals surface area contributed by atoms with Gasteiger partial charge in [0.1, 0.15) is 0 Å². The van der Waals surface area contributed by atoms with E-state index in [4.69, 9.17) is 0 Å². The van der Waals surface area contributed by atoms with Crippen LogP contribution in [0.3, 0.4) is 0 Å². The van der Waals surface area contributed by atoms with Crippen molar-refractivity contribution in [1.82, 2.24) is 9.80 Å². The predicted molar refractivity (Wildman–Crippen MR) is 71.9 cm³/mol. The molecule has 0 unspecified atom stereocenters. The van der Waals surface area contributed by atoms with E-state index in [0.29, 0.717) is 11.1 Å². The Balaban J connectivity index is 2.60. The molecule has 1 aliphatic heterocycles. The lowest BCUT2D eigenvalue weighted by molar-refractivity contribution is 0.104. The zero-order chi connectivity index (χ0) is 12.4. The summed E-state index contributed by atoms with van der Waals surface area (Å²) in [6.07, 6.45) is 2.54. The van der Waals surface area contributed by atoms with Gasteiger partial charge in [-0.25, -0.2) is 0 Å². The van der Waals surface area contributed by atoms with Crippen LogP contribution in [0.5, 0.6) is 0 Å². The molecule has 0 bridgehead atoms. The van der Waals surface area contributed by atoms with Crippen LogP contribution in [-0.2, 0) is 0 Å². The van der Waals surface area contributed by atoms with Gasteiger partial charge in [0.05, 0.1) is 0 Å². The summed E-state index contributed by atoms with van der Waals surface area (Å²) in [5.41, 5.74) is 0.695. The Morgan fingerprint density at radius 1 is 0.812 bits per heavy atom. The van der Waals surface area contributed by atoms with Crippen molar-refractivity contribution in [3.63, 3.8) is 0 Å². The molecule has 2 nitrogen and oxygen atoms in total. The normalized spacial score (nSPS) is 22.1. The molecule has 0 atom stereocenters. The molecular formula is C14H30N2. The lowest BCUT2D eigenvalue weighted by atomic mass is 9.99. The van der Waals surface area contributed by atoms with Crippen molar-refractivity contribution in [1.29, 1.82) is 0 Å². The van der Waals surface area contributed by atoms with Gasteiger partial charge in [0.15, 0.2) is 0 Å². The van der Waals surface area contributed by atoms with E-state index in [1.54, 1.807) is 0 Å². The quantitative estimate of drug-likeness (QED) is 0.714. The molecule has 0 saturated carbocycles. The Morgan fingerprint density at radius 3 is 1.81 bits per heavy atom. The standard InChI is InChI=1S/C14H30N2/c1-7-14(5,6)16-10-8-9-15(11-12-16)13(2,3)4/h7-12H2,1-6H3. The van der Waals surface area contributed by atoms with Crippen LogP contribution in [0.1, 0.15) is 54.4 Å². The summed E-state index contributed by atoms with van der Waals surface area (Å²) in [5.74, 6) is 0. The van der Waals surface area contributed by atoms with E-state index < -0.39 is 0 Å². The highest BCUT2D eigenvalue weighted by atomic mass is 15.3. The lowest BCUT2D eigenvalue weighted by Crippen LogP contribution is -2.47. The van der Waals surface area contributed by atoms with E-state index in [1.807, 2.05) is 0 Å². The second-order valence-electron chi connectivity index (χ2n) is 6.66. The summed E-state index contributed by atoms with van der Waals surface area (Å²) >= 11 is 0. The van der Waals surface area contributed by atoms with Gasteiger partial charge < -0.3 is 0 Å². The van der Waals surface area contributed by atoms with E-state index in [1.165, 1.54) is 39.0 Å². The molecule has 0 aliphatic carbocycles. The van der Waals surface area contributed by atoms with Crippen molar-refractivity contribution in [2.45, 2.75) is 65.5 Å². The van der Waals surface area contributed by atoms with Crippen LogP contribution in [0.4, 0.5) is 0 Å². The zero-order valence-electron chi connectivity index (χ0n) is 12.1. The molecule has 0 spiro atoms. The van der Waals surface area contributed by atoms with Gasteiger partial charge in [-0.15, -0.1) is 0 Å². The number of nitrogens with zero attached hydrogens (tertiary/aromatic N) is 2. The van der Waals surface area contributed by atoms with Crippen LogP contribution >= 0.6 is 0 Å². The van der Waals surface area contributed by atoms with Gasteiger partial charge in [-0.3, -0.25) is 9.80 Å². The minimum atomic E-state index is 0.326. The van der Waals surface area contributed by atoms with Crippen LogP contribution in [0.25, 0.3) is 0 Å². The largest absolute Gasteiger partial charge is 0.297 e. The average Bonchev–Trinajstić information content (AvgIpc) is 2.42. The Morgan fingerprint density at radius 2 is 1.31 bits per heavy atom. The molecule has 1 fully saturated rings. The van der Waals surface area contributed by atoms with Gasteiger partial charge in [0.25, 0.3) is 0 Å². The molecule has 96 valence electrons. The van der Waals surface area contributed by atoms with Crippen molar-refractivity contribution in [3.8, 4) is 0 Å². The highest BCUT2D eigenvalue weighted by Gasteiger charge is 2.29. The van der Waals surface area contributed by atoms with Crippen LogP contribution in [-0.4, -0.2) is 47.1 Å². The SMILES string of the molecule is CCC(C)(C)N1CCCN(C(C)(C)C)CC1. The Labute approximate surface area is 102 Å². The van der Waals surface area contributed by atoms with Gasteiger partial charge in [-0.1, -0.05) is 6.92 Å². The number of rotatable bonds is 2. The fraction of sp³-hybridized carbons (Fsp3) is 1.00. The average molecular weight is 226 g/mol. The highest BCUT2D eigenvalue weighted by molar-refractivity contribution is 4.86. The first-order chi connectivity index (χ1) is 7.27. The van der Waals surface area contributed by atoms with E-state index in [0.717, 1.165) is 0 Å². The molecular weight excluding hydrogens is 196 g/mol. The smallest absolute Gasteiger partial charge is 0.0151 e. The second-order valence-corrected chi connectivity index (χ2v) is 6.66. The molecule has 0 radical (unpaired) electrons. The van der Waals surface area contributed by atoms with Crippen molar-refractivity contribution >= 4 is 0 Å². The predicted octanol–water partition coefficient (Wildman–Crippen LogP) is 2.98. The topological polar surface area (TPSA) is 6.48 Å². The first kappa shape index (κ1) is 14.0. The van der Waals surface area contributed by atoms with E-state index in [9.17, 15) is 0 Å². The Kier molecular flexibility index (Phi) is 4.42. The fourth-order valence-electron chi connectivity index (χ4n) is 2.42. The zero-order valence-corrected chi connectivity index (χ0v) is 12.1. The molecule has 0 aromatic heterocycles. The second kappa shape index (κ2) is 5.05. The molecule has 0 amide bonds. The van der Waals surface area contributed by atoms with Gasteiger partial charge in [-0.2, -0.15) is 0 Å². The molecule has 1 saturated heterocycles. The monoisotopic (exact) mass is 226 g/mol. The van der Waals surface area contributed by atoms with E-state index in [-0.39, 0.29) is 0 Å². The lowest BCUT2D eigenvalue weighted by Gasteiger charge is -2.38. The number of hydrogen-bond acceptors (Lipinski definition) is 2. The summed E-state index contributed by atoms with van der Waals surface area (Å²) in [6, 6.07) is 0. The number of hydrogen-bond donors (Lipinski definition) is 0. The van der Waals surface area contributed by atoms with Crippen LogP contribution < -0.4 is 0 Å². The summed E-state index contributed by atoms with van der Waals surface area (Å²) < 4.78 is 0. The van der Waals surface area contributed by atoms with Crippen molar-refractivity contribution in [2.24, 2.45) is 0 Å². The highest BCUT2D eigenvalue weighted by Crippen LogP contribution is 2.22. The molecule has 0 N–H and O–H groups in total. The maximum absolute atomic E-state index is 2.67. The van der Waals surface area contributed by atoms with E-state index >= 15 is 0 Å². The molecule has 2 heteroatoms. The van der Waals surface area contributed by atoms with E-state index in [2.05, 4.69) is 51.3 Å². The third kappa shape index (κ3) is 3.46. The molecule has 0 aromatic carbocycles. The summed E-state index contributed by atoms with van der Waals surface area (Å²) in [7, 11) is 0. The molecule has 1 heterocycles. The van der Waals surface area contributed by atoms with Crippen molar-refractivity contribution in [2.75, 3.05) is 26.2 Å². The van der Waals surface area contributed by atoms with Gasteiger partial charge in [-0.05, 0) is 60.5 Å².